The SMILES string of the molecule is CCCN(Cc1ccc(Cl)cc1)C[C@@H](O)[C@@]12CC[C@]3(C)[C@H](CC[C@@H]4[C@@]5(C)CC[C@H](OC(=O)CC(C)(C)C(=O)O)C(C)(C)[C@@H]5CC[C@]43C)C1=C(C(C)C)C(=O)C2. The fraction of sp³-hybridized carbons (Fsp3) is 0.766. The molecule has 7 nitrogen and oxygen atoms in total. The summed E-state index contributed by atoms with van der Waals surface area (Å²) in [6.07, 6.45) is 8.22. The number of carbonyl (C=O) groups excluding carboxylic acids is 2. The molecule has 6 rings (SSSR count). The van der Waals surface area contributed by atoms with Crippen LogP contribution in [0.15, 0.2) is 35.4 Å². The van der Waals surface area contributed by atoms with Gasteiger partial charge in [-0.15, -0.1) is 0 Å². The molecular weight excluding hydrogens is 710 g/mol. The third-order valence-electron chi connectivity index (χ3n) is 16.8. The van der Waals surface area contributed by atoms with Gasteiger partial charge in [-0.1, -0.05) is 84.7 Å². The topological polar surface area (TPSA) is 104 Å². The maximum absolute atomic E-state index is 14.2. The summed E-state index contributed by atoms with van der Waals surface area (Å²) in [7, 11) is 0. The Morgan fingerprint density at radius 2 is 1.62 bits per heavy atom. The molecule has 2 N–H and O–H groups in total. The summed E-state index contributed by atoms with van der Waals surface area (Å²) in [6.45, 7) is 24.0. The molecule has 0 bridgehead atoms. The Labute approximate surface area is 336 Å². The van der Waals surface area contributed by atoms with Crippen molar-refractivity contribution in [1.82, 2.24) is 4.90 Å². The molecule has 0 amide bonds. The first-order valence-corrected chi connectivity index (χ1v) is 21.8. The number of carboxylic acids is 1. The van der Waals surface area contributed by atoms with Crippen LogP contribution in [0.4, 0.5) is 0 Å². The van der Waals surface area contributed by atoms with Crippen LogP contribution in [-0.2, 0) is 25.7 Å². The fourth-order valence-electron chi connectivity index (χ4n) is 13.7. The summed E-state index contributed by atoms with van der Waals surface area (Å²) in [6, 6.07) is 8.00. The molecule has 8 heteroatoms. The summed E-state index contributed by atoms with van der Waals surface area (Å²) in [5, 5.41) is 22.9. The lowest BCUT2D eigenvalue weighted by molar-refractivity contribution is -0.235. The molecule has 0 heterocycles. The van der Waals surface area contributed by atoms with Crippen LogP contribution in [0.2, 0.25) is 5.02 Å². The van der Waals surface area contributed by atoms with Gasteiger partial charge in [-0.05, 0) is 141 Å². The van der Waals surface area contributed by atoms with Gasteiger partial charge in [-0.2, -0.15) is 0 Å². The number of ketones is 1. The summed E-state index contributed by atoms with van der Waals surface area (Å²) < 4.78 is 6.19. The maximum Gasteiger partial charge on any atom is 0.309 e. The number of carboxylic acid groups (broad SMARTS) is 1. The molecule has 1 aromatic carbocycles. The molecule has 5 aliphatic carbocycles. The maximum atomic E-state index is 14.2. The molecule has 0 spiro atoms. The first-order chi connectivity index (χ1) is 25.6. The van der Waals surface area contributed by atoms with Crippen molar-refractivity contribution in [2.24, 2.45) is 56.2 Å². The lowest BCUT2D eigenvalue weighted by Crippen LogP contribution is -2.66. The highest BCUT2D eigenvalue weighted by atomic mass is 35.5. The zero-order valence-corrected chi connectivity index (χ0v) is 36.3. The van der Waals surface area contributed by atoms with E-state index in [2.05, 4.69) is 72.4 Å². The number of Topliss-reactive ketones (excluding diaryl/α,β-unsaturated/α-hetero) is 1. The Morgan fingerprint density at radius 1 is 0.945 bits per heavy atom. The molecule has 0 unspecified atom stereocenters. The first-order valence-electron chi connectivity index (χ1n) is 21.4. The van der Waals surface area contributed by atoms with Crippen LogP contribution in [0, 0.1) is 56.2 Å². The third kappa shape index (κ3) is 6.96. The number of allylic oxidation sites excluding steroid dienone is 1. The van der Waals surface area contributed by atoms with Crippen LogP contribution in [-0.4, -0.2) is 58.1 Å². The number of nitrogens with zero attached hydrogens (tertiary/aromatic N) is 1. The van der Waals surface area contributed by atoms with Gasteiger partial charge < -0.3 is 14.9 Å². The lowest BCUT2D eigenvalue weighted by atomic mass is 9.33. The van der Waals surface area contributed by atoms with Crippen LogP contribution in [0.25, 0.3) is 0 Å². The van der Waals surface area contributed by atoms with Crippen molar-refractivity contribution >= 4 is 29.3 Å². The van der Waals surface area contributed by atoms with Crippen molar-refractivity contribution in [2.75, 3.05) is 13.1 Å². The molecule has 9 atom stereocenters. The fourth-order valence-corrected chi connectivity index (χ4v) is 13.9. The zero-order chi connectivity index (χ0) is 40.5. The van der Waals surface area contributed by atoms with Gasteiger partial charge in [0.05, 0.1) is 17.9 Å². The van der Waals surface area contributed by atoms with Gasteiger partial charge in [-0.25, -0.2) is 0 Å². The molecule has 1 aromatic rings. The average molecular weight is 781 g/mol. The number of aliphatic hydroxyl groups is 1. The second kappa shape index (κ2) is 14.9. The molecule has 5 aliphatic rings. The van der Waals surface area contributed by atoms with Gasteiger partial charge in [0.2, 0.25) is 0 Å². The standard InChI is InChI=1S/C47H70ClNO6/c1-11-24-49(27-30-12-14-31(48)15-13-30)28-36(51)47-23-22-45(9)32(40(47)39(29(2)3)33(50)25-47)16-17-35-44(8)20-19-37(55-38(52)26-42(4,5)41(53)54)43(6,7)34(44)18-21-46(35,45)10/h12-15,29,32,34-37,51H,11,16-28H2,1-10H3,(H,53,54)/t32-,34+,35-,36-,37+,44+,45-,46-,47+/m1/s1. The highest BCUT2D eigenvalue weighted by molar-refractivity contribution is 6.30. The number of carbonyl (C=O) groups is 3. The van der Waals surface area contributed by atoms with E-state index in [-0.39, 0.29) is 51.8 Å². The molecule has 0 aromatic heterocycles. The van der Waals surface area contributed by atoms with Gasteiger partial charge >= 0.3 is 11.9 Å². The third-order valence-corrected chi connectivity index (χ3v) is 17.0. The minimum atomic E-state index is -1.17. The first kappa shape index (κ1) is 42.4. The van der Waals surface area contributed by atoms with E-state index in [1.807, 2.05) is 12.1 Å². The Bertz CT molecular complexity index is 1680. The monoisotopic (exact) mass is 779 g/mol. The number of esters is 1. The molecule has 0 radical (unpaired) electrons. The van der Waals surface area contributed by atoms with Crippen LogP contribution in [0.5, 0.6) is 0 Å². The van der Waals surface area contributed by atoms with Crippen molar-refractivity contribution in [3.05, 3.63) is 46.0 Å². The van der Waals surface area contributed by atoms with Crippen molar-refractivity contribution in [3.8, 4) is 0 Å². The van der Waals surface area contributed by atoms with Crippen LogP contribution in [0.3, 0.4) is 0 Å². The number of halogens is 1. The summed E-state index contributed by atoms with van der Waals surface area (Å²) in [4.78, 5) is 41.5. The van der Waals surface area contributed by atoms with E-state index in [1.54, 1.807) is 13.8 Å². The molecule has 0 saturated heterocycles. The second-order valence-corrected chi connectivity index (χ2v) is 21.4. The van der Waals surface area contributed by atoms with Crippen molar-refractivity contribution < 1.29 is 29.3 Å². The van der Waals surface area contributed by atoms with E-state index < -0.39 is 28.9 Å². The van der Waals surface area contributed by atoms with Crippen LogP contribution in [0.1, 0.15) is 145 Å². The summed E-state index contributed by atoms with van der Waals surface area (Å²) in [5.41, 5.74) is 1.63. The Kier molecular flexibility index (Phi) is 11.5. The highest BCUT2D eigenvalue weighted by Crippen LogP contribution is 2.77. The number of rotatable bonds is 12. The van der Waals surface area contributed by atoms with E-state index in [4.69, 9.17) is 16.3 Å². The minimum Gasteiger partial charge on any atom is -0.481 e. The van der Waals surface area contributed by atoms with E-state index in [0.717, 1.165) is 81.5 Å². The Hall–Kier alpha value is -2.22. The summed E-state index contributed by atoms with van der Waals surface area (Å²) >= 11 is 6.21. The number of fused-ring (bicyclic) bond motifs is 7. The molecule has 4 fully saturated rings. The van der Waals surface area contributed by atoms with Crippen LogP contribution < -0.4 is 0 Å². The smallest absolute Gasteiger partial charge is 0.309 e. The van der Waals surface area contributed by atoms with E-state index in [0.29, 0.717) is 24.8 Å². The van der Waals surface area contributed by atoms with Gasteiger partial charge in [0.15, 0.2) is 5.78 Å². The normalized spacial score (nSPS) is 36.2. The molecule has 306 valence electrons. The number of hydrogen-bond donors (Lipinski definition) is 2. The number of aliphatic hydroxyl groups excluding tert-OH is 1. The second-order valence-electron chi connectivity index (χ2n) is 20.9. The predicted octanol–water partition coefficient (Wildman–Crippen LogP) is 10.3. The summed E-state index contributed by atoms with van der Waals surface area (Å²) in [5.74, 6) is 0.0507. The number of benzene rings is 1. The Balaban J connectivity index is 1.28. The highest BCUT2D eigenvalue weighted by Gasteiger charge is 2.71. The van der Waals surface area contributed by atoms with Crippen LogP contribution >= 0.6 is 11.6 Å². The van der Waals surface area contributed by atoms with E-state index in [9.17, 15) is 24.6 Å². The van der Waals surface area contributed by atoms with Gasteiger partial charge in [-0.3, -0.25) is 19.3 Å². The lowest BCUT2D eigenvalue weighted by Gasteiger charge is -2.72. The van der Waals surface area contributed by atoms with Crippen molar-refractivity contribution in [2.45, 2.75) is 159 Å². The van der Waals surface area contributed by atoms with Gasteiger partial charge in [0, 0.05) is 35.4 Å². The number of aliphatic carboxylic acids is 1. The zero-order valence-electron chi connectivity index (χ0n) is 35.5. The van der Waals surface area contributed by atoms with Gasteiger partial charge in [0.25, 0.3) is 0 Å². The average Bonchev–Trinajstić information content (AvgIpc) is 3.40. The molecule has 4 saturated carbocycles. The largest absolute Gasteiger partial charge is 0.481 e. The number of hydrogen-bond acceptors (Lipinski definition) is 6. The van der Waals surface area contributed by atoms with Crippen molar-refractivity contribution in [3.63, 3.8) is 0 Å². The molecule has 55 heavy (non-hydrogen) atoms. The minimum absolute atomic E-state index is 0.0184. The Morgan fingerprint density at radius 3 is 2.24 bits per heavy atom. The van der Waals surface area contributed by atoms with E-state index >= 15 is 0 Å². The van der Waals surface area contributed by atoms with Crippen molar-refractivity contribution in [1.29, 1.82) is 0 Å². The van der Waals surface area contributed by atoms with Gasteiger partial charge in [0.1, 0.15) is 6.10 Å². The molecule has 0 aliphatic heterocycles. The number of ether oxygens (including phenoxy) is 1. The quantitative estimate of drug-likeness (QED) is 0.204. The predicted molar refractivity (Wildman–Crippen MR) is 218 cm³/mol. The van der Waals surface area contributed by atoms with E-state index in [1.165, 1.54) is 11.1 Å². The molecular formula is C47H70ClNO6.